The minimum Gasteiger partial charge on any atom is -0.399 e. The van der Waals surface area contributed by atoms with E-state index in [1.807, 2.05) is 0 Å². The molecule has 1 fully saturated rings. The highest BCUT2D eigenvalue weighted by molar-refractivity contribution is 6.80. The third-order valence-electron chi connectivity index (χ3n) is 4.21. The Morgan fingerprint density at radius 1 is 1.00 bits per heavy atom. The predicted molar refractivity (Wildman–Crippen MR) is 87.4 cm³/mol. The van der Waals surface area contributed by atoms with Gasteiger partial charge < -0.3 is 9.16 Å². The zero-order valence-electron chi connectivity index (χ0n) is 12.6. The molecule has 21 heavy (non-hydrogen) atoms. The smallest absolute Gasteiger partial charge is 0.283 e. The molecule has 0 unspecified atom stereocenters. The summed E-state index contributed by atoms with van der Waals surface area (Å²) >= 11 is 0. The third-order valence-corrected chi connectivity index (χ3v) is 6.59. The Morgan fingerprint density at radius 3 is 1.95 bits per heavy atom. The first-order valence-corrected chi connectivity index (χ1v) is 8.84. The van der Waals surface area contributed by atoms with Crippen LogP contribution in [0.25, 0.3) is 0 Å². The monoisotopic (exact) mass is 297 g/mol. The van der Waals surface area contributed by atoms with Crippen LogP contribution in [0.1, 0.15) is 13.8 Å². The van der Waals surface area contributed by atoms with Gasteiger partial charge in [-0.2, -0.15) is 0 Å². The largest absolute Gasteiger partial charge is 0.399 e. The maximum absolute atomic E-state index is 6.66. The molecule has 109 valence electrons. The van der Waals surface area contributed by atoms with E-state index in [9.17, 15) is 0 Å². The summed E-state index contributed by atoms with van der Waals surface area (Å²) in [7, 11) is -1.25. The Hall–Kier alpha value is -1.42. The molecule has 2 atom stereocenters. The molecule has 3 heteroatoms. The Kier molecular flexibility index (Phi) is 4.24. The zero-order valence-corrected chi connectivity index (χ0v) is 13.6. The fourth-order valence-corrected chi connectivity index (χ4v) is 4.87. The van der Waals surface area contributed by atoms with E-state index in [1.165, 1.54) is 10.4 Å². The molecule has 1 aliphatic rings. The predicted octanol–water partition coefficient (Wildman–Crippen LogP) is 2.23. The molecule has 2 nitrogen and oxygen atoms in total. The van der Waals surface area contributed by atoms with Crippen LogP contribution >= 0.6 is 0 Å². The molecule has 2 aromatic rings. The van der Waals surface area contributed by atoms with Gasteiger partial charge in [-0.15, -0.1) is 0 Å². The molecule has 1 aliphatic heterocycles. The Morgan fingerprint density at radius 2 is 1.52 bits per heavy atom. The van der Waals surface area contributed by atoms with Crippen LogP contribution in [-0.4, -0.2) is 27.9 Å². The molecule has 0 aliphatic carbocycles. The average Bonchev–Trinajstić information content (AvgIpc) is 2.86. The van der Waals surface area contributed by atoms with Crippen molar-refractivity contribution in [2.24, 2.45) is 5.92 Å². The Balaban J connectivity index is 1.94. The van der Waals surface area contributed by atoms with Gasteiger partial charge in [-0.3, -0.25) is 0 Å². The van der Waals surface area contributed by atoms with Crippen molar-refractivity contribution < 1.29 is 9.16 Å². The lowest BCUT2D eigenvalue weighted by Crippen LogP contribution is -2.52. The topological polar surface area (TPSA) is 18.5 Å². The molecule has 1 radical (unpaired) electrons. The van der Waals surface area contributed by atoms with Crippen LogP contribution in [-0.2, 0) is 9.16 Å². The maximum atomic E-state index is 6.66. The standard InChI is InChI=1S/C18H21O2Si/c1-15-13-19-14-18(15,2)20-21(16-9-5-3-6-10-16)17-11-7-4-8-12-17/h3-12,15H,13-14H2,1-2H3/t15-,18-/m1/s1. The van der Waals surface area contributed by atoms with E-state index in [0.717, 1.165) is 6.61 Å². The van der Waals surface area contributed by atoms with E-state index in [-0.39, 0.29) is 5.60 Å². The van der Waals surface area contributed by atoms with Crippen molar-refractivity contribution in [1.82, 2.24) is 0 Å². The van der Waals surface area contributed by atoms with Crippen molar-refractivity contribution in [3.8, 4) is 0 Å². The van der Waals surface area contributed by atoms with Gasteiger partial charge in [0.25, 0.3) is 9.04 Å². The Bertz CT molecular complexity index is 533. The van der Waals surface area contributed by atoms with E-state index >= 15 is 0 Å². The van der Waals surface area contributed by atoms with Gasteiger partial charge in [-0.1, -0.05) is 67.6 Å². The minimum absolute atomic E-state index is 0.194. The van der Waals surface area contributed by atoms with Gasteiger partial charge in [0.05, 0.1) is 18.8 Å². The average molecular weight is 297 g/mol. The van der Waals surface area contributed by atoms with Crippen molar-refractivity contribution in [3.63, 3.8) is 0 Å². The number of benzene rings is 2. The summed E-state index contributed by atoms with van der Waals surface area (Å²) in [6.07, 6.45) is 0. The number of hydrogen-bond acceptors (Lipinski definition) is 2. The molecule has 3 rings (SSSR count). The molecule has 0 spiro atoms. The van der Waals surface area contributed by atoms with Gasteiger partial charge in [-0.05, 0) is 17.3 Å². The zero-order chi connectivity index (χ0) is 14.7. The molecule has 0 aromatic heterocycles. The minimum atomic E-state index is -1.25. The van der Waals surface area contributed by atoms with Crippen LogP contribution in [0.3, 0.4) is 0 Å². The lowest BCUT2D eigenvalue weighted by molar-refractivity contribution is 0.0505. The molecular weight excluding hydrogens is 276 g/mol. The van der Waals surface area contributed by atoms with Gasteiger partial charge >= 0.3 is 0 Å². The van der Waals surface area contributed by atoms with E-state index in [1.54, 1.807) is 0 Å². The van der Waals surface area contributed by atoms with Crippen LogP contribution < -0.4 is 10.4 Å². The van der Waals surface area contributed by atoms with Crippen molar-refractivity contribution in [2.45, 2.75) is 19.4 Å². The van der Waals surface area contributed by atoms with E-state index in [2.05, 4.69) is 74.5 Å². The lowest BCUT2D eigenvalue weighted by Gasteiger charge is -2.32. The van der Waals surface area contributed by atoms with Crippen molar-refractivity contribution in [1.29, 1.82) is 0 Å². The first-order chi connectivity index (χ1) is 10.2. The highest BCUT2D eigenvalue weighted by atomic mass is 28.3. The summed E-state index contributed by atoms with van der Waals surface area (Å²) in [5.74, 6) is 0.421. The second-order valence-electron chi connectivity index (χ2n) is 5.89. The number of ether oxygens (including phenoxy) is 1. The SMILES string of the molecule is C[C@@H]1COC[C@@]1(C)O[Si](c1ccccc1)c1ccccc1. The summed E-state index contributed by atoms with van der Waals surface area (Å²) in [5, 5.41) is 2.57. The molecule has 1 heterocycles. The normalized spacial score (nSPS) is 25.4. The Labute approximate surface area is 128 Å². The summed E-state index contributed by atoms with van der Waals surface area (Å²) in [5.41, 5.74) is -0.194. The van der Waals surface area contributed by atoms with Crippen molar-refractivity contribution >= 4 is 19.4 Å². The van der Waals surface area contributed by atoms with Gasteiger partial charge in [0, 0.05) is 5.92 Å². The quantitative estimate of drug-likeness (QED) is 0.806. The summed E-state index contributed by atoms with van der Waals surface area (Å²) in [6.45, 7) is 5.86. The summed E-state index contributed by atoms with van der Waals surface area (Å²) in [4.78, 5) is 0. The van der Waals surface area contributed by atoms with Gasteiger partial charge in [0.2, 0.25) is 0 Å². The van der Waals surface area contributed by atoms with Gasteiger partial charge in [-0.25, -0.2) is 0 Å². The number of hydrogen-bond donors (Lipinski definition) is 0. The van der Waals surface area contributed by atoms with Crippen LogP contribution in [0.4, 0.5) is 0 Å². The fourth-order valence-electron chi connectivity index (χ4n) is 2.58. The van der Waals surface area contributed by atoms with Crippen LogP contribution in [0, 0.1) is 5.92 Å². The maximum Gasteiger partial charge on any atom is 0.283 e. The van der Waals surface area contributed by atoms with Gasteiger partial charge in [0.1, 0.15) is 0 Å². The second kappa shape index (κ2) is 6.14. The summed E-state index contributed by atoms with van der Waals surface area (Å²) < 4.78 is 12.3. The molecular formula is C18H21O2Si. The van der Waals surface area contributed by atoms with Gasteiger partial charge in [0.15, 0.2) is 0 Å². The second-order valence-corrected chi connectivity index (χ2v) is 7.91. The summed E-state index contributed by atoms with van der Waals surface area (Å²) in [6, 6.07) is 21.1. The van der Waals surface area contributed by atoms with E-state index < -0.39 is 9.04 Å². The van der Waals surface area contributed by atoms with Crippen molar-refractivity contribution in [2.75, 3.05) is 13.2 Å². The van der Waals surface area contributed by atoms with Crippen molar-refractivity contribution in [3.05, 3.63) is 60.7 Å². The molecule has 0 saturated carbocycles. The van der Waals surface area contributed by atoms with Crippen LogP contribution in [0.5, 0.6) is 0 Å². The van der Waals surface area contributed by atoms with Crippen LogP contribution in [0.15, 0.2) is 60.7 Å². The lowest BCUT2D eigenvalue weighted by atomic mass is 9.95. The highest BCUT2D eigenvalue weighted by Crippen LogP contribution is 2.29. The first-order valence-electron chi connectivity index (χ1n) is 7.43. The fraction of sp³-hybridized carbons (Fsp3) is 0.333. The van der Waals surface area contributed by atoms with E-state index in [0.29, 0.717) is 12.5 Å². The molecule has 0 bridgehead atoms. The molecule has 1 saturated heterocycles. The molecule has 2 aromatic carbocycles. The molecule has 0 N–H and O–H groups in total. The number of rotatable bonds is 4. The van der Waals surface area contributed by atoms with E-state index in [4.69, 9.17) is 9.16 Å². The first kappa shape index (κ1) is 14.5. The third kappa shape index (κ3) is 3.10. The highest BCUT2D eigenvalue weighted by Gasteiger charge is 2.41. The van der Waals surface area contributed by atoms with Crippen LogP contribution in [0.2, 0.25) is 0 Å². The molecule has 0 amide bonds.